The molecule has 0 spiro atoms. The van der Waals surface area contributed by atoms with Crippen LogP contribution >= 0.6 is 11.6 Å². The molecule has 3 rings (SSSR count). The van der Waals surface area contributed by atoms with Gasteiger partial charge in [-0.25, -0.2) is 0 Å². The van der Waals surface area contributed by atoms with Gasteiger partial charge in [0.15, 0.2) is 0 Å². The quantitative estimate of drug-likeness (QED) is 0.373. The van der Waals surface area contributed by atoms with E-state index in [1.807, 2.05) is 18.2 Å². The van der Waals surface area contributed by atoms with Crippen LogP contribution in [0.25, 0.3) is 11.1 Å². The van der Waals surface area contributed by atoms with Crippen molar-refractivity contribution in [1.29, 1.82) is 0 Å². The number of nitrogens with zero attached hydrogens (tertiary/aromatic N) is 1. The first kappa shape index (κ1) is 18.0. The van der Waals surface area contributed by atoms with E-state index in [-0.39, 0.29) is 10.8 Å². The summed E-state index contributed by atoms with van der Waals surface area (Å²) in [4.78, 5) is 0. The van der Waals surface area contributed by atoms with Gasteiger partial charge in [-0.2, -0.15) is 0 Å². The zero-order valence-corrected chi connectivity index (χ0v) is 16.4. The van der Waals surface area contributed by atoms with Gasteiger partial charge < -0.3 is 5.21 Å². The Hall–Kier alpha value is -1.80. The Bertz CT molecular complexity index is 849. The number of oxime groups is 1. The number of aryl methyl sites for hydroxylation is 1. The van der Waals surface area contributed by atoms with E-state index in [2.05, 4.69) is 51.9 Å². The van der Waals surface area contributed by atoms with Gasteiger partial charge in [0, 0.05) is 10.6 Å². The largest absolute Gasteiger partial charge is 0.411 e. The molecule has 132 valence electrons. The highest BCUT2D eigenvalue weighted by Crippen LogP contribution is 2.48. The van der Waals surface area contributed by atoms with Crippen LogP contribution < -0.4 is 0 Å². The number of halogens is 1. The third-order valence-electron chi connectivity index (χ3n) is 5.69. The Morgan fingerprint density at radius 2 is 1.56 bits per heavy atom. The molecule has 1 N–H and O–H groups in total. The predicted octanol–water partition coefficient (Wildman–Crippen LogP) is 6.47. The zero-order chi connectivity index (χ0) is 18.4. The maximum absolute atomic E-state index is 8.83. The SMILES string of the molecule is Cc1cc2c(cc1-c1cc(C=NO)ccc1Cl)C(C)(C)CCC2(C)C. The number of fused-ring (bicyclic) bond motifs is 1. The van der Waals surface area contributed by atoms with Crippen LogP contribution in [0.3, 0.4) is 0 Å². The molecule has 1 aliphatic rings. The molecular weight excluding hydrogens is 330 g/mol. The van der Waals surface area contributed by atoms with Crippen molar-refractivity contribution in [3.63, 3.8) is 0 Å². The molecule has 0 amide bonds. The van der Waals surface area contributed by atoms with E-state index in [0.29, 0.717) is 5.02 Å². The van der Waals surface area contributed by atoms with Crippen molar-refractivity contribution in [2.75, 3.05) is 0 Å². The van der Waals surface area contributed by atoms with E-state index in [1.165, 1.54) is 35.7 Å². The van der Waals surface area contributed by atoms with Crippen molar-refractivity contribution in [2.24, 2.45) is 5.16 Å². The summed E-state index contributed by atoms with van der Waals surface area (Å²) in [7, 11) is 0. The standard InChI is InChI=1S/C22H26ClNO/c1-14-10-18-19(22(4,5)9-8-21(18,2)3)12-16(14)17-11-15(13-24-25)6-7-20(17)23/h6-7,10-13,25H,8-9H2,1-5H3. The Morgan fingerprint density at radius 1 is 0.960 bits per heavy atom. The van der Waals surface area contributed by atoms with Crippen molar-refractivity contribution >= 4 is 17.8 Å². The van der Waals surface area contributed by atoms with E-state index in [9.17, 15) is 0 Å². The monoisotopic (exact) mass is 355 g/mol. The molecule has 0 atom stereocenters. The van der Waals surface area contributed by atoms with E-state index < -0.39 is 0 Å². The third kappa shape index (κ3) is 3.20. The Kier molecular flexibility index (Phi) is 4.45. The van der Waals surface area contributed by atoms with Crippen LogP contribution in [0.15, 0.2) is 35.5 Å². The number of hydrogen-bond acceptors (Lipinski definition) is 2. The maximum Gasteiger partial charge on any atom is 0.0734 e. The zero-order valence-electron chi connectivity index (χ0n) is 15.7. The minimum Gasteiger partial charge on any atom is -0.411 e. The Morgan fingerprint density at radius 3 is 2.16 bits per heavy atom. The summed E-state index contributed by atoms with van der Waals surface area (Å²) in [6, 6.07) is 10.4. The second-order valence-corrected chi connectivity index (χ2v) is 8.87. The molecule has 25 heavy (non-hydrogen) atoms. The van der Waals surface area contributed by atoms with E-state index in [4.69, 9.17) is 16.8 Å². The van der Waals surface area contributed by atoms with Crippen LogP contribution in [-0.4, -0.2) is 11.4 Å². The molecule has 0 unspecified atom stereocenters. The highest BCUT2D eigenvalue weighted by molar-refractivity contribution is 6.33. The minimum atomic E-state index is 0.157. The van der Waals surface area contributed by atoms with Gasteiger partial charge in [-0.1, -0.05) is 56.6 Å². The molecule has 3 heteroatoms. The molecule has 0 bridgehead atoms. The molecule has 2 nitrogen and oxygen atoms in total. The predicted molar refractivity (Wildman–Crippen MR) is 106 cm³/mol. The highest BCUT2D eigenvalue weighted by Gasteiger charge is 2.37. The molecule has 0 saturated heterocycles. The summed E-state index contributed by atoms with van der Waals surface area (Å²) in [6.45, 7) is 11.5. The van der Waals surface area contributed by atoms with E-state index >= 15 is 0 Å². The summed E-state index contributed by atoms with van der Waals surface area (Å²) in [6.07, 6.45) is 3.82. The summed E-state index contributed by atoms with van der Waals surface area (Å²) in [5.74, 6) is 0. The lowest BCUT2D eigenvalue weighted by Crippen LogP contribution is -2.34. The fourth-order valence-corrected chi connectivity index (χ4v) is 4.13. The van der Waals surface area contributed by atoms with Crippen LogP contribution in [0.1, 0.15) is 62.8 Å². The Labute approximate surface area is 155 Å². The lowest BCUT2D eigenvalue weighted by Gasteiger charge is -2.42. The molecule has 0 aromatic heterocycles. The van der Waals surface area contributed by atoms with Gasteiger partial charge in [-0.15, -0.1) is 0 Å². The van der Waals surface area contributed by atoms with Crippen LogP contribution in [-0.2, 0) is 10.8 Å². The first-order valence-corrected chi connectivity index (χ1v) is 9.16. The van der Waals surface area contributed by atoms with Crippen molar-refractivity contribution in [3.8, 4) is 11.1 Å². The first-order chi connectivity index (χ1) is 11.7. The fraction of sp³-hybridized carbons (Fsp3) is 0.409. The van der Waals surface area contributed by atoms with Gasteiger partial charge in [0.1, 0.15) is 0 Å². The second-order valence-electron chi connectivity index (χ2n) is 8.46. The van der Waals surface area contributed by atoms with Crippen LogP contribution in [0, 0.1) is 6.92 Å². The summed E-state index contributed by atoms with van der Waals surface area (Å²) in [5.41, 5.74) is 7.42. The summed E-state index contributed by atoms with van der Waals surface area (Å²) in [5, 5.41) is 12.7. The molecule has 0 heterocycles. The molecule has 0 saturated carbocycles. The molecule has 2 aromatic rings. The average molecular weight is 356 g/mol. The molecule has 2 aromatic carbocycles. The number of benzene rings is 2. The van der Waals surface area contributed by atoms with Gasteiger partial charge in [0.05, 0.1) is 6.21 Å². The van der Waals surface area contributed by atoms with Gasteiger partial charge in [0.25, 0.3) is 0 Å². The fourth-order valence-electron chi connectivity index (χ4n) is 3.91. The van der Waals surface area contributed by atoms with E-state index in [0.717, 1.165) is 16.7 Å². The topological polar surface area (TPSA) is 32.6 Å². The first-order valence-electron chi connectivity index (χ1n) is 8.79. The van der Waals surface area contributed by atoms with E-state index in [1.54, 1.807) is 0 Å². The van der Waals surface area contributed by atoms with Gasteiger partial charge in [-0.05, 0) is 76.6 Å². The third-order valence-corrected chi connectivity index (χ3v) is 6.01. The minimum absolute atomic E-state index is 0.157. The van der Waals surface area contributed by atoms with Crippen LogP contribution in [0.2, 0.25) is 5.02 Å². The second kappa shape index (κ2) is 6.17. The summed E-state index contributed by atoms with van der Waals surface area (Å²) >= 11 is 6.51. The normalized spacial score (nSPS) is 18.3. The van der Waals surface area contributed by atoms with Crippen LogP contribution in [0.4, 0.5) is 0 Å². The maximum atomic E-state index is 8.83. The molecule has 0 aliphatic heterocycles. The molecule has 1 aliphatic carbocycles. The van der Waals surface area contributed by atoms with Crippen molar-refractivity contribution in [1.82, 2.24) is 0 Å². The average Bonchev–Trinajstić information content (AvgIpc) is 2.54. The molecule has 0 radical (unpaired) electrons. The van der Waals surface area contributed by atoms with Crippen molar-refractivity contribution in [2.45, 2.75) is 58.3 Å². The number of rotatable bonds is 2. The van der Waals surface area contributed by atoms with Gasteiger partial charge in [-0.3, -0.25) is 0 Å². The van der Waals surface area contributed by atoms with Crippen molar-refractivity contribution in [3.05, 3.63) is 57.6 Å². The number of hydrogen-bond donors (Lipinski definition) is 1. The summed E-state index contributed by atoms with van der Waals surface area (Å²) < 4.78 is 0. The van der Waals surface area contributed by atoms with Crippen molar-refractivity contribution < 1.29 is 5.21 Å². The smallest absolute Gasteiger partial charge is 0.0734 e. The van der Waals surface area contributed by atoms with Gasteiger partial charge >= 0.3 is 0 Å². The molecular formula is C22H26ClNO. The molecule has 0 fully saturated rings. The lowest BCUT2D eigenvalue weighted by atomic mass is 9.62. The van der Waals surface area contributed by atoms with Crippen LogP contribution in [0.5, 0.6) is 0 Å². The highest BCUT2D eigenvalue weighted by atomic mass is 35.5. The Balaban J connectivity index is 2.25. The lowest BCUT2D eigenvalue weighted by molar-refractivity contribution is 0.322. The van der Waals surface area contributed by atoms with Gasteiger partial charge in [0.2, 0.25) is 0 Å².